The second-order valence-electron chi connectivity index (χ2n) is 5.79. The van der Waals surface area contributed by atoms with Gasteiger partial charge in [0.05, 0.1) is 18.5 Å². The van der Waals surface area contributed by atoms with Crippen LogP contribution < -0.4 is 4.72 Å². The number of aryl methyl sites for hydroxylation is 1. The molecule has 0 amide bonds. The van der Waals surface area contributed by atoms with Crippen LogP contribution in [0.25, 0.3) is 0 Å². The van der Waals surface area contributed by atoms with Gasteiger partial charge in [-0.1, -0.05) is 29.8 Å². The zero-order valence-corrected chi connectivity index (χ0v) is 14.4. The molecule has 1 aromatic carbocycles. The highest BCUT2D eigenvalue weighted by molar-refractivity contribution is 7.88. The van der Waals surface area contributed by atoms with Gasteiger partial charge >= 0.3 is 0 Å². The van der Waals surface area contributed by atoms with Gasteiger partial charge in [0.1, 0.15) is 0 Å². The fourth-order valence-corrected chi connectivity index (χ4v) is 4.37. The standard InChI is InChI=1S/C16H20ClN3O2S/c17-15-7-3-1-6-14(15)12-23(21,22)19-9-10-20-16-8-4-2-5-13(16)11-18-20/h1,3,6-7,11,19H,2,4-5,8-10,12H2. The third-order valence-electron chi connectivity index (χ3n) is 4.09. The Morgan fingerprint density at radius 1 is 1.22 bits per heavy atom. The van der Waals surface area contributed by atoms with Crippen LogP contribution in [0.1, 0.15) is 29.7 Å². The smallest absolute Gasteiger partial charge is 0.215 e. The van der Waals surface area contributed by atoms with Crippen molar-refractivity contribution in [1.82, 2.24) is 14.5 Å². The van der Waals surface area contributed by atoms with E-state index < -0.39 is 10.0 Å². The molecule has 0 aliphatic heterocycles. The lowest BCUT2D eigenvalue weighted by Gasteiger charge is -2.14. The quantitative estimate of drug-likeness (QED) is 0.868. The van der Waals surface area contributed by atoms with Crippen LogP contribution in [0.3, 0.4) is 0 Å². The maximum absolute atomic E-state index is 12.2. The second-order valence-corrected chi connectivity index (χ2v) is 8.01. The fourth-order valence-electron chi connectivity index (χ4n) is 2.93. The molecule has 0 saturated heterocycles. The Labute approximate surface area is 141 Å². The van der Waals surface area contributed by atoms with Gasteiger partial charge in [-0.25, -0.2) is 13.1 Å². The Bertz CT molecular complexity index is 786. The van der Waals surface area contributed by atoms with E-state index in [0.29, 0.717) is 23.7 Å². The average Bonchev–Trinajstić information content (AvgIpc) is 2.93. The summed E-state index contributed by atoms with van der Waals surface area (Å²) in [6.07, 6.45) is 6.40. The SMILES string of the molecule is O=S(=O)(Cc1ccccc1Cl)NCCn1ncc2c1CCCC2. The van der Waals surface area contributed by atoms with Crippen molar-refractivity contribution in [2.45, 2.75) is 38.0 Å². The average molecular weight is 354 g/mol. The first-order valence-corrected chi connectivity index (χ1v) is 9.82. The van der Waals surface area contributed by atoms with Crippen LogP contribution in [-0.4, -0.2) is 24.7 Å². The number of hydrogen-bond donors (Lipinski definition) is 1. The van der Waals surface area contributed by atoms with Gasteiger partial charge in [-0.15, -0.1) is 0 Å². The number of hydrogen-bond acceptors (Lipinski definition) is 3. The summed E-state index contributed by atoms with van der Waals surface area (Å²) < 4.78 is 28.9. The lowest BCUT2D eigenvalue weighted by molar-refractivity contribution is 0.538. The molecular weight excluding hydrogens is 334 g/mol. The minimum Gasteiger partial charge on any atom is -0.268 e. The molecule has 23 heavy (non-hydrogen) atoms. The van der Waals surface area contributed by atoms with Gasteiger partial charge in [0, 0.05) is 17.3 Å². The van der Waals surface area contributed by atoms with E-state index in [1.54, 1.807) is 24.3 Å². The van der Waals surface area contributed by atoms with Gasteiger partial charge in [-0.05, 0) is 42.9 Å². The topological polar surface area (TPSA) is 64.0 Å². The van der Waals surface area contributed by atoms with E-state index in [9.17, 15) is 8.42 Å². The Morgan fingerprint density at radius 2 is 2.00 bits per heavy atom. The number of halogens is 1. The van der Waals surface area contributed by atoms with Crippen LogP contribution in [0.15, 0.2) is 30.5 Å². The molecule has 2 aromatic rings. The molecule has 7 heteroatoms. The summed E-state index contributed by atoms with van der Waals surface area (Å²) in [6, 6.07) is 6.99. The highest BCUT2D eigenvalue weighted by Gasteiger charge is 2.16. The molecule has 1 aliphatic carbocycles. The number of benzene rings is 1. The van der Waals surface area contributed by atoms with E-state index in [0.717, 1.165) is 12.8 Å². The minimum atomic E-state index is -3.41. The van der Waals surface area contributed by atoms with Crippen molar-refractivity contribution >= 4 is 21.6 Å². The monoisotopic (exact) mass is 353 g/mol. The molecule has 1 aromatic heterocycles. The molecule has 124 valence electrons. The van der Waals surface area contributed by atoms with Crippen molar-refractivity contribution in [3.8, 4) is 0 Å². The summed E-state index contributed by atoms with van der Waals surface area (Å²) in [7, 11) is -3.41. The normalized spacial score (nSPS) is 14.7. The number of sulfonamides is 1. The summed E-state index contributed by atoms with van der Waals surface area (Å²) in [5.41, 5.74) is 3.16. The predicted octanol–water partition coefficient (Wildman–Crippen LogP) is 2.53. The number of nitrogens with zero attached hydrogens (tertiary/aromatic N) is 2. The van der Waals surface area contributed by atoms with E-state index in [-0.39, 0.29) is 5.75 Å². The molecular formula is C16H20ClN3O2S. The second kappa shape index (κ2) is 7.03. The fraction of sp³-hybridized carbons (Fsp3) is 0.438. The number of nitrogens with one attached hydrogen (secondary N) is 1. The zero-order valence-electron chi connectivity index (χ0n) is 12.8. The molecule has 0 saturated carbocycles. The van der Waals surface area contributed by atoms with Crippen LogP contribution >= 0.6 is 11.6 Å². The summed E-state index contributed by atoms with van der Waals surface area (Å²) in [5, 5.41) is 4.85. The van der Waals surface area contributed by atoms with Crippen molar-refractivity contribution < 1.29 is 8.42 Å². The number of aromatic nitrogens is 2. The lowest BCUT2D eigenvalue weighted by atomic mass is 9.98. The van der Waals surface area contributed by atoms with Crippen molar-refractivity contribution in [2.24, 2.45) is 0 Å². The van der Waals surface area contributed by atoms with Crippen LogP contribution in [0.5, 0.6) is 0 Å². The maximum Gasteiger partial charge on any atom is 0.215 e. The molecule has 5 nitrogen and oxygen atoms in total. The Hall–Kier alpha value is -1.37. The third-order valence-corrected chi connectivity index (χ3v) is 5.80. The molecule has 0 fully saturated rings. The Kier molecular flexibility index (Phi) is 5.04. The molecule has 0 spiro atoms. The van der Waals surface area contributed by atoms with Crippen LogP contribution in [0, 0.1) is 0 Å². The first-order chi connectivity index (χ1) is 11.1. The first-order valence-electron chi connectivity index (χ1n) is 7.79. The van der Waals surface area contributed by atoms with Gasteiger partial charge < -0.3 is 0 Å². The van der Waals surface area contributed by atoms with E-state index in [2.05, 4.69) is 9.82 Å². The van der Waals surface area contributed by atoms with Crippen molar-refractivity contribution in [2.75, 3.05) is 6.54 Å². The number of rotatable bonds is 6. The summed E-state index contributed by atoms with van der Waals surface area (Å²) in [6.45, 7) is 0.887. The van der Waals surface area contributed by atoms with Gasteiger partial charge in [0.25, 0.3) is 0 Å². The summed E-state index contributed by atoms with van der Waals surface area (Å²) in [5.74, 6) is -0.107. The molecule has 3 rings (SSSR count). The van der Waals surface area contributed by atoms with E-state index >= 15 is 0 Å². The summed E-state index contributed by atoms with van der Waals surface area (Å²) >= 11 is 6.02. The minimum absolute atomic E-state index is 0.107. The third kappa shape index (κ3) is 4.13. The Balaban J connectivity index is 1.57. The molecule has 1 aliphatic rings. The Morgan fingerprint density at radius 3 is 2.83 bits per heavy atom. The van der Waals surface area contributed by atoms with E-state index in [4.69, 9.17) is 11.6 Å². The molecule has 0 radical (unpaired) electrons. The van der Waals surface area contributed by atoms with Crippen LogP contribution in [0.2, 0.25) is 5.02 Å². The lowest BCUT2D eigenvalue weighted by Crippen LogP contribution is -2.29. The van der Waals surface area contributed by atoms with Crippen LogP contribution in [-0.2, 0) is 35.2 Å². The van der Waals surface area contributed by atoms with Crippen molar-refractivity contribution in [3.05, 3.63) is 52.3 Å². The summed E-state index contributed by atoms with van der Waals surface area (Å²) in [4.78, 5) is 0. The molecule has 0 unspecified atom stereocenters. The zero-order chi connectivity index (χ0) is 16.3. The van der Waals surface area contributed by atoms with E-state index in [1.165, 1.54) is 24.1 Å². The van der Waals surface area contributed by atoms with Gasteiger partial charge in [-0.2, -0.15) is 5.10 Å². The largest absolute Gasteiger partial charge is 0.268 e. The highest BCUT2D eigenvalue weighted by atomic mass is 35.5. The van der Waals surface area contributed by atoms with Gasteiger partial charge in [0.15, 0.2) is 0 Å². The van der Waals surface area contributed by atoms with Crippen molar-refractivity contribution in [1.29, 1.82) is 0 Å². The van der Waals surface area contributed by atoms with Gasteiger partial charge in [0.2, 0.25) is 10.0 Å². The van der Waals surface area contributed by atoms with Gasteiger partial charge in [-0.3, -0.25) is 4.68 Å². The molecule has 0 atom stereocenters. The number of fused-ring (bicyclic) bond motifs is 1. The molecule has 1 N–H and O–H groups in total. The van der Waals surface area contributed by atoms with E-state index in [1.807, 2.05) is 10.9 Å². The maximum atomic E-state index is 12.2. The molecule has 0 bridgehead atoms. The highest BCUT2D eigenvalue weighted by Crippen LogP contribution is 2.20. The van der Waals surface area contributed by atoms with Crippen LogP contribution in [0.4, 0.5) is 0 Å². The predicted molar refractivity (Wildman–Crippen MR) is 90.9 cm³/mol. The molecule has 1 heterocycles. The first kappa shape index (κ1) is 16.5. The van der Waals surface area contributed by atoms with Crippen molar-refractivity contribution in [3.63, 3.8) is 0 Å².